The van der Waals surface area contributed by atoms with Crippen LogP contribution in [0.4, 0.5) is 0 Å². The first-order valence-electron chi connectivity index (χ1n) is 8.03. The van der Waals surface area contributed by atoms with Crippen molar-refractivity contribution >= 4 is 5.71 Å². The Kier molecular flexibility index (Phi) is 4.02. The van der Waals surface area contributed by atoms with Crippen LogP contribution < -0.4 is 4.74 Å². The average molecular weight is 311 g/mol. The Bertz CT molecular complexity index is 682. The van der Waals surface area contributed by atoms with Gasteiger partial charge in [-0.2, -0.15) is 0 Å². The first kappa shape index (κ1) is 15.8. The van der Waals surface area contributed by atoms with Crippen LogP contribution in [0.5, 0.6) is 5.75 Å². The Morgan fingerprint density at radius 3 is 2.65 bits per heavy atom. The molecule has 0 saturated carbocycles. The summed E-state index contributed by atoms with van der Waals surface area (Å²) < 4.78 is 5.52. The highest BCUT2D eigenvalue weighted by Gasteiger charge is 2.39. The Morgan fingerprint density at radius 2 is 1.96 bits per heavy atom. The van der Waals surface area contributed by atoms with Crippen molar-refractivity contribution in [3.63, 3.8) is 0 Å². The molecule has 0 fully saturated rings. The molecule has 0 aromatic heterocycles. The van der Waals surface area contributed by atoms with Gasteiger partial charge >= 0.3 is 0 Å². The Labute approximate surface area is 138 Å². The van der Waals surface area contributed by atoms with E-state index in [-0.39, 0.29) is 11.5 Å². The van der Waals surface area contributed by atoms with E-state index in [9.17, 15) is 0 Å². The van der Waals surface area contributed by atoms with E-state index in [1.54, 1.807) is 7.11 Å². The number of para-hydroxylation sites is 1. The third-order valence-electron chi connectivity index (χ3n) is 4.30. The third kappa shape index (κ3) is 3.04. The van der Waals surface area contributed by atoms with E-state index >= 15 is 0 Å². The van der Waals surface area contributed by atoms with Crippen LogP contribution in [-0.2, 0) is 6.54 Å². The molecular weight excluding hydrogens is 286 g/mol. The molecule has 4 nitrogen and oxygen atoms in total. The van der Waals surface area contributed by atoms with Crippen LogP contribution in [0.25, 0.3) is 0 Å². The smallest absolute Gasteiger partial charge is 0.145 e. The van der Waals surface area contributed by atoms with E-state index in [1.165, 1.54) is 5.56 Å². The second kappa shape index (κ2) is 5.85. The predicted octanol–water partition coefficient (Wildman–Crippen LogP) is 3.97. The highest BCUT2D eigenvalue weighted by Crippen LogP contribution is 2.37. The second-order valence-electron chi connectivity index (χ2n) is 7.16. The van der Waals surface area contributed by atoms with E-state index in [4.69, 9.17) is 4.74 Å². The van der Waals surface area contributed by atoms with Crippen LogP contribution in [-0.4, -0.2) is 28.9 Å². The number of allylic oxidation sites excluding steroid dienone is 1. The van der Waals surface area contributed by atoms with E-state index in [0.717, 1.165) is 23.8 Å². The highest BCUT2D eigenvalue weighted by molar-refractivity contribution is 5.94. The van der Waals surface area contributed by atoms with Crippen LogP contribution in [0.1, 0.15) is 33.3 Å². The number of methoxy groups -OCH3 is 1. The summed E-state index contributed by atoms with van der Waals surface area (Å²) in [6.07, 6.45) is 6.43. The van der Waals surface area contributed by atoms with Crippen LogP contribution >= 0.6 is 0 Å². The van der Waals surface area contributed by atoms with Gasteiger partial charge in [-0.1, -0.05) is 39.0 Å². The van der Waals surface area contributed by atoms with Crippen molar-refractivity contribution in [1.29, 1.82) is 0 Å². The maximum absolute atomic E-state index is 5.52. The van der Waals surface area contributed by atoms with Gasteiger partial charge in [0.25, 0.3) is 0 Å². The summed E-state index contributed by atoms with van der Waals surface area (Å²) in [6, 6.07) is 8.48. The zero-order chi connectivity index (χ0) is 16.6. The van der Waals surface area contributed by atoms with E-state index in [2.05, 4.69) is 66.3 Å². The van der Waals surface area contributed by atoms with E-state index in [0.29, 0.717) is 0 Å². The SMILES string of the molecule is COc1ccccc1CN1C(C(C)(C)C)C=C2N=C(C)C=CN21. The summed E-state index contributed by atoms with van der Waals surface area (Å²) >= 11 is 0. The third-order valence-corrected chi connectivity index (χ3v) is 4.30. The number of benzene rings is 1. The monoisotopic (exact) mass is 311 g/mol. The van der Waals surface area contributed by atoms with Crippen molar-refractivity contribution in [3.8, 4) is 5.75 Å². The predicted molar refractivity (Wildman–Crippen MR) is 94.0 cm³/mol. The van der Waals surface area contributed by atoms with Gasteiger partial charge in [-0.05, 0) is 30.6 Å². The molecule has 2 heterocycles. The topological polar surface area (TPSA) is 28.1 Å². The summed E-state index contributed by atoms with van der Waals surface area (Å²) in [6.45, 7) is 9.61. The quantitative estimate of drug-likeness (QED) is 0.845. The number of ether oxygens (including phenoxy) is 1. The molecule has 122 valence electrons. The van der Waals surface area contributed by atoms with Crippen molar-refractivity contribution in [3.05, 3.63) is 54.0 Å². The number of hydrogen-bond donors (Lipinski definition) is 0. The average Bonchev–Trinajstić information content (AvgIpc) is 2.86. The fraction of sp³-hybridized carbons (Fsp3) is 0.421. The molecule has 2 aliphatic rings. The lowest BCUT2D eigenvalue weighted by molar-refractivity contribution is -0.00181. The maximum atomic E-state index is 5.52. The summed E-state index contributed by atoms with van der Waals surface area (Å²) in [5, 5.41) is 4.52. The van der Waals surface area contributed by atoms with Crippen LogP contribution in [0.15, 0.2) is 53.4 Å². The molecule has 0 radical (unpaired) electrons. The van der Waals surface area contributed by atoms with Crippen molar-refractivity contribution in [1.82, 2.24) is 10.0 Å². The molecule has 23 heavy (non-hydrogen) atoms. The zero-order valence-corrected chi connectivity index (χ0v) is 14.6. The molecule has 0 saturated heterocycles. The lowest BCUT2D eigenvalue weighted by atomic mass is 9.86. The highest BCUT2D eigenvalue weighted by atomic mass is 16.5. The molecule has 4 heteroatoms. The normalized spacial score (nSPS) is 21.1. The van der Waals surface area contributed by atoms with Gasteiger partial charge in [-0.3, -0.25) is 5.01 Å². The minimum absolute atomic E-state index is 0.115. The van der Waals surface area contributed by atoms with Gasteiger partial charge in [0.2, 0.25) is 0 Å². The summed E-state index contributed by atoms with van der Waals surface area (Å²) in [4.78, 5) is 4.69. The Morgan fingerprint density at radius 1 is 1.22 bits per heavy atom. The van der Waals surface area contributed by atoms with Crippen molar-refractivity contribution < 1.29 is 4.74 Å². The molecule has 2 aliphatic heterocycles. The lowest BCUT2D eigenvalue weighted by Gasteiger charge is -2.39. The number of hydrogen-bond acceptors (Lipinski definition) is 4. The molecule has 0 spiro atoms. The van der Waals surface area contributed by atoms with Gasteiger partial charge in [-0.25, -0.2) is 10.0 Å². The van der Waals surface area contributed by atoms with Crippen molar-refractivity contribution in [2.45, 2.75) is 40.3 Å². The maximum Gasteiger partial charge on any atom is 0.145 e. The van der Waals surface area contributed by atoms with Crippen LogP contribution in [0.3, 0.4) is 0 Å². The van der Waals surface area contributed by atoms with Gasteiger partial charge in [0.15, 0.2) is 0 Å². The van der Waals surface area contributed by atoms with Gasteiger partial charge in [0.1, 0.15) is 11.6 Å². The minimum Gasteiger partial charge on any atom is -0.496 e. The van der Waals surface area contributed by atoms with Gasteiger partial charge in [0.05, 0.1) is 13.2 Å². The molecule has 1 aromatic carbocycles. The number of nitrogens with zero attached hydrogens (tertiary/aromatic N) is 3. The first-order chi connectivity index (χ1) is 10.9. The second-order valence-corrected chi connectivity index (χ2v) is 7.16. The Hall–Kier alpha value is -2.07. The molecule has 1 unspecified atom stereocenters. The molecule has 0 bridgehead atoms. The first-order valence-corrected chi connectivity index (χ1v) is 8.03. The number of rotatable bonds is 3. The molecule has 1 aromatic rings. The summed E-state index contributed by atoms with van der Waals surface area (Å²) in [5.74, 6) is 1.94. The molecule has 1 atom stereocenters. The number of fused-ring (bicyclic) bond motifs is 1. The van der Waals surface area contributed by atoms with Crippen molar-refractivity contribution in [2.24, 2.45) is 10.4 Å². The lowest BCUT2D eigenvalue weighted by Crippen LogP contribution is -2.45. The standard InChI is InChI=1S/C19H25N3O/c1-14-10-11-21-18(20-14)12-17(19(2,3)4)22(21)13-15-8-6-7-9-16(15)23-5/h6-12,17H,13H2,1-5H3. The van der Waals surface area contributed by atoms with Crippen LogP contribution in [0, 0.1) is 5.41 Å². The minimum atomic E-state index is 0.115. The summed E-state index contributed by atoms with van der Waals surface area (Å²) in [7, 11) is 1.72. The summed E-state index contributed by atoms with van der Waals surface area (Å²) in [5.41, 5.74) is 2.33. The van der Waals surface area contributed by atoms with Crippen molar-refractivity contribution in [2.75, 3.05) is 7.11 Å². The van der Waals surface area contributed by atoms with Gasteiger partial charge in [-0.15, -0.1) is 0 Å². The van der Waals surface area contributed by atoms with E-state index in [1.807, 2.05) is 19.1 Å². The van der Waals surface area contributed by atoms with E-state index < -0.39 is 0 Å². The zero-order valence-electron chi connectivity index (χ0n) is 14.6. The molecular formula is C19H25N3O. The molecule has 0 aliphatic carbocycles. The van der Waals surface area contributed by atoms with Crippen LogP contribution in [0.2, 0.25) is 0 Å². The van der Waals surface area contributed by atoms with Gasteiger partial charge < -0.3 is 4.74 Å². The largest absolute Gasteiger partial charge is 0.496 e. The molecule has 3 rings (SSSR count). The number of hydrazine groups is 1. The fourth-order valence-electron chi connectivity index (χ4n) is 3.10. The van der Waals surface area contributed by atoms with Gasteiger partial charge in [0, 0.05) is 24.0 Å². The number of aliphatic imine (C=N–C) groups is 1. The fourth-order valence-corrected chi connectivity index (χ4v) is 3.10. The Balaban J connectivity index is 1.95. The molecule has 0 N–H and O–H groups in total. The molecule has 0 amide bonds.